The molecule has 0 radical (unpaired) electrons. The molecule has 0 aliphatic rings. The fraction of sp³-hybridized carbons (Fsp3) is 0.385. The first-order valence-electron chi connectivity index (χ1n) is 4.88. The Morgan fingerprint density at radius 2 is 2.00 bits per heavy atom. The molecule has 0 aliphatic carbocycles. The summed E-state index contributed by atoms with van der Waals surface area (Å²) in [7, 11) is 0. The molecule has 0 atom stereocenters. The van der Waals surface area contributed by atoms with Crippen molar-refractivity contribution < 1.29 is 0 Å². The molecule has 0 bridgehead atoms. The van der Waals surface area contributed by atoms with Crippen LogP contribution in [-0.2, 0) is 0 Å². The van der Waals surface area contributed by atoms with Crippen molar-refractivity contribution in [1.29, 1.82) is 0 Å². The lowest BCUT2D eigenvalue weighted by Gasteiger charge is -2.07. The topological polar surface area (TPSA) is 0 Å². The van der Waals surface area contributed by atoms with Gasteiger partial charge in [-0.25, -0.2) is 0 Å². The molecule has 0 fully saturated rings. The zero-order chi connectivity index (χ0) is 9.84. The van der Waals surface area contributed by atoms with Gasteiger partial charge in [0.05, 0.1) is 0 Å². The van der Waals surface area contributed by atoms with Crippen LogP contribution in [0.4, 0.5) is 0 Å². The summed E-state index contributed by atoms with van der Waals surface area (Å²) in [5.74, 6) is 0.615. The third kappa shape index (κ3) is 2.45. The summed E-state index contributed by atoms with van der Waals surface area (Å²) in [6, 6.07) is 8.77. The highest BCUT2D eigenvalue weighted by Crippen LogP contribution is 2.20. The van der Waals surface area contributed by atoms with Gasteiger partial charge < -0.3 is 0 Å². The highest BCUT2D eigenvalue weighted by molar-refractivity contribution is 5.63. The predicted molar refractivity (Wildman–Crippen MR) is 59.9 cm³/mol. The molecule has 0 heterocycles. The molecule has 1 aromatic rings. The van der Waals surface area contributed by atoms with E-state index in [0.29, 0.717) is 5.92 Å². The van der Waals surface area contributed by atoms with Gasteiger partial charge in [-0.05, 0) is 36.5 Å². The van der Waals surface area contributed by atoms with Crippen molar-refractivity contribution in [2.75, 3.05) is 0 Å². The van der Waals surface area contributed by atoms with Crippen molar-refractivity contribution in [3.8, 4) is 0 Å². The summed E-state index contributed by atoms with van der Waals surface area (Å²) in [5.41, 5.74) is 4.11. The van der Waals surface area contributed by atoms with Crippen LogP contribution in [0.15, 0.2) is 30.3 Å². The van der Waals surface area contributed by atoms with Gasteiger partial charge in [0.25, 0.3) is 0 Å². The fourth-order valence-electron chi connectivity index (χ4n) is 1.31. The van der Waals surface area contributed by atoms with Crippen LogP contribution in [0.1, 0.15) is 44.7 Å². The van der Waals surface area contributed by atoms with Crippen LogP contribution < -0.4 is 0 Å². The quantitative estimate of drug-likeness (QED) is 0.629. The third-order valence-electron chi connectivity index (χ3n) is 2.44. The average Bonchev–Trinajstić information content (AvgIpc) is 2.17. The van der Waals surface area contributed by atoms with Crippen LogP contribution in [0.25, 0.3) is 5.57 Å². The Labute approximate surface area is 81.3 Å². The normalized spacial score (nSPS) is 12.2. The van der Waals surface area contributed by atoms with Crippen LogP contribution in [0.3, 0.4) is 0 Å². The Morgan fingerprint density at radius 1 is 1.31 bits per heavy atom. The highest BCUT2D eigenvalue weighted by Gasteiger charge is 2.00. The van der Waals surface area contributed by atoms with E-state index in [-0.39, 0.29) is 0 Å². The van der Waals surface area contributed by atoms with E-state index < -0.39 is 0 Å². The van der Waals surface area contributed by atoms with E-state index in [2.05, 4.69) is 58.0 Å². The maximum absolute atomic E-state index is 2.28. The van der Waals surface area contributed by atoms with Crippen molar-refractivity contribution in [2.45, 2.75) is 33.6 Å². The van der Waals surface area contributed by atoms with Gasteiger partial charge in [-0.2, -0.15) is 0 Å². The minimum absolute atomic E-state index is 0.615. The van der Waals surface area contributed by atoms with E-state index in [0.717, 1.165) is 0 Å². The molecule has 0 aromatic heterocycles. The molecule has 70 valence electrons. The SMILES string of the molecule is C/C=C(\C)c1cccc(C(C)C)c1. The molecule has 1 aromatic carbocycles. The molecule has 0 saturated carbocycles. The van der Waals surface area contributed by atoms with Gasteiger partial charge in [-0.3, -0.25) is 0 Å². The van der Waals surface area contributed by atoms with Crippen molar-refractivity contribution >= 4 is 5.57 Å². The lowest BCUT2D eigenvalue weighted by molar-refractivity contribution is 0.866. The Balaban J connectivity index is 3.05. The summed E-state index contributed by atoms with van der Waals surface area (Å²) < 4.78 is 0. The van der Waals surface area contributed by atoms with Crippen molar-refractivity contribution in [2.24, 2.45) is 0 Å². The fourth-order valence-corrected chi connectivity index (χ4v) is 1.31. The number of allylic oxidation sites excluding steroid dienone is 2. The second kappa shape index (κ2) is 4.27. The highest BCUT2D eigenvalue weighted by atomic mass is 14.1. The van der Waals surface area contributed by atoms with E-state index >= 15 is 0 Å². The van der Waals surface area contributed by atoms with Crippen molar-refractivity contribution in [1.82, 2.24) is 0 Å². The zero-order valence-electron chi connectivity index (χ0n) is 8.96. The second-order valence-corrected chi connectivity index (χ2v) is 3.75. The van der Waals surface area contributed by atoms with Crippen LogP contribution >= 0.6 is 0 Å². The molecule has 0 aliphatic heterocycles. The second-order valence-electron chi connectivity index (χ2n) is 3.75. The average molecular weight is 174 g/mol. The van der Waals surface area contributed by atoms with Gasteiger partial charge >= 0.3 is 0 Å². The Morgan fingerprint density at radius 3 is 2.54 bits per heavy atom. The zero-order valence-corrected chi connectivity index (χ0v) is 8.96. The molecule has 0 amide bonds. The minimum atomic E-state index is 0.615. The molecule has 0 nitrogen and oxygen atoms in total. The number of hydrogen-bond donors (Lipinski definition) is 0. The first-order chi connectivity index (χ1) is 6.15. The Kier molecular flexibility index (Phi) is 3.30. The lowest BCUT2D eigenvalue weighted by Crippen LogP contribution is -1.88. The molecule has 0 spiro atoms. The minimum Gasteiger partial charge on any atom is -0.0841 e. The molecular weight excluding hydrogens is 156 g/mol. The third-order valence-corrected chi connectivity index (χ3v) is 2.44. The molecule has 0 heteroatoms. The van der Waals surface area contributed by atoms with Gasteiger partial charge in [0, 0.05) is 0 Å². The van der Waals surface area contributed by atoms with Crippen molar-refractivity contribution in [3.63, 3.8) is 0 Å². The molecule has 13 heavy (non-hydrogen) atoms. The van der Waals surface area contributed by atoms with Crippen LogP contribution in [0.5, 0.6) is 0 Å². The lowest BCUT2D eigenvalue weighted by atomic mass is 9.98. The number of rotatable bonds is 2. The summed E-state index contributed by atoms with van der Waals surface area (Å²) in [6.45, 7) is 8.69. The largest absolute Gasteiger partial charge is 0.0841 e. The molecule has 0 unspecified atom stereocenters. The summed E-state index contributed by atoms with van der Waals surface area (Å²) in [5, 5.41) is 0. The molecular formula is C13H18. The maximum atomic E-state index is 2.28. The van der Waals surface area contributed by atoms with Gasteiger partial charge in [0.1, 0.15) is 0 Å². The summed E-state index contributed by atoms with van der Waals surface area (Å²) in [6.07, 6.45) is 2.15. The van der Waals surface area contributed by atoms with E-state index in [9.17, 15) is 0 Å². The van der Waals surface area contributed by atoms with E-state index in [1.165, 1.54) is 16.7 Å². The monoisotopic (exact) mass is 174 g/mol. The molecule has 0 N–H and O–H groups in total. The van der Waals surface area contributed by atoms with Crippen LogP contribution in [-0.4, -0.2) is 0 Å². The summed E-state index contributed by atoms with van der Waals surface area (Å²) >= 11 is 0. The van der Waals surface area contributed by atoms with Crippen LogP contribution in [0, 0.1) is 0 Å². The van der Waals surface area contributed by atoms with E-state index in [1.807, 2.05) is 0 Å². The predicted octanol–water partition coefficient (Wildman–Crippen LogP) is 4.23. The number of benzene rings is 1. The maximum Gasteiger partial charge on any atom is -0.0219 e. The van der Waals surface area contributed by atoms with Crippen molar-refractivity contribution in [3.05, 3.63) is 41.5 Å². The molecule has 0 saturated heterocycles. The Hall–Kier alpha value is -1.04. The van der Waals surface area contributed by atoms with Gasteiger partial charge in [-0.15, -0.1) is 0 Å². The van der Waals surface area contributed by atoms with Gasteiger partial charge in [-0.1, -0.05) is 44.2 Å². The van der Waals surface area contributed by atoms with E-state index in [1.54, 1.807) is 0 Å². The summed E-state index contributed by atoms with van der Waals surface area (Å²) in [4.78, 5) is 0. The first kappa shape index (κ1) is 10.0. The standard InChI is InChI=1S/C13H18/c1-5-11(4)13-8-6-7-12(9-13)10(2)3/h5-10H,1-4H3/b11-5+. The van der Waals surface area contributed by atoms with E-state index in [4.69, 9.17) is 0 Å². The molecule has 1 rings (SSSR count). The Bertz CT molecular complexity index is 306. The van der Waals surface area contributed by atoms with Gasteiger partial charge in [0.15, 0.2) is 0 Å². The van der Waals surface area contributed by atoms with Gasteiger partial charge in [0.2, 0.25) is 0 Å². The number of hydrogen-bond acceptors (Lipinski definition) is 0. The first-order valence-corrected chi connectivity index (χ1v) is 4.88. The van der Waals surface area contributed by atoms with Crippen LogP contribution in [0.2, 0.25) is 0 Å². The smallest absolute Gasteiger partial charge is 0.0219 e.